The molecule has 1 fully saturated rings. The van der Waals surface area contributed by atoms with E-state index in [0.29, 0.717) is 5.02 Å². The molecule has 2 aromatic carbocycles. The van der Waals surface area contributed by atoms with E-state index in [1.54, 1.807) is 0 Å². The molecule has 0 saturated carbocycles. The smallest absolute Gasteiger partial charge is 0.0895 e. The number of benzene rings is 2. The molecule has 0 spiro atoms. The van der Waals surface area contributed by atoms with Crippen LogP contribution in [-0.4, -0.2) is 23.9 Å². The molecule has 3 heterocycles. The van der Waals surface area contributed by atoms with Gasteiger partial charge in [-0.25, -0.2) is 0 Å². The Morgan fingerprint density at radius 2 is 1.67 bits per heavy atom. The van der Waals surface area contributed by atoms with Crippen molar-refractivity contribution in [1.82, 2.24) is 4.98 Å². The molecule has 4 heteroatoms. The third-order valence-corrected chi connectivity index (χ3v) is 7.04. The van der Waals surface area contributed by atoms with Crippen LogP contribution in [0.25, 0.3) is 11.3 Å². The Morgan fingerprint density at radius 3 is 2.45 bits per heavy atom. The minimum Gasteiger partial charge on any atom is -0.381 e. The number of aromatic nitrogens is 1. The summed E-state index contributed by atoms with van der Waals surface area (Å²) in [6, 6.07) is 20.5. The predicted molar refractivity (Wildman–Crippen MR) is 136 cm³/mol. The molecule has 1 aromatic heterocycles. The van der Waals surface area contributed by atoms with Gasteiger partial charge in [-0.3, -0.25) is 9.98 Å². The third-order valence-electron chi connectivity index (χ3n) is 6.67. The SMILES string of the molecule is Clc1c(-c2ccccc2)ncc2c1C(c1ccccc1)=NC=C(CCC1CCCOCC1)C2. The van der Waals surface area contributed by atoms with Crippen LogP contribution in [0.15, 0.2) is 83.6 Å². The van der Waals surface area contributed by atoms with Crippen LogP contribution in [0.5, 0.6) is 0 Å². The van der Waals surface area contributed by atoms with Crippen LogP contribution in [-0.2, 0) is 11.2 Å². The molecule has 3 aromatic rings. The Kier molecular flexibility index (Phi) is 6.99. The maximum Gasteiger partial charge on any atom is 0.0895 e. The number of hydrogen-bond donors (Lipinski definition) is 0. The number of fused-ring (bicyclic) bond motifs is 1. The summed E-state index contributed by atoms with van der Waals surface area (Å²) in [5.41, 5.74) is 7.32. The molecular formula is C29H29ClN2O. The Balaban J connectivity index is 1.51. The topological polar surface area (TPSA) is 34.5 Å². The molecule has 33 heavy (non-hydrogen) atoms. The fourth-order valence-corrected chi connectivity index (χ4v) is 5.21. The number of halogens is 1. The van der Waals surface area contributed by atoms with Gasteiger partial charge in [0.25, 0.3) is 0 Å². The summed E-state index contributed by atoms with van der Waals surface area (Å²) in [4.78, 5) is 9.81. The van der Waals surface area contributed by atoms with Gasteiger partial charge in [0.2, 0.25) is 0 Å². The van der Waals surface area contributed by atoms with Gasteiger partial charge in [0.15, 0.2) is 0 Å². The lowest BCUT2D eigenvalue weighted by atomic mass is 9.90. The highest BCUT2D eigenvalue weighted by Gasteiger charge is 2.23. The predicted octanol–water partition coefficient (Wildman–Crippen LogP) is 7.28. The molecule has 168 valence electrons. The van der Waals surface area contributed by atoms with Crippen molar-refractivity contribution in [2.24, 2.45) is 10.9 Å². The van der Waals surface area contributed by atoms with Gasteiger partial charge < -0.3 is 4.74 Å². The van der Waals surface area contributed by atoms with Gasteiger partial charge in [0.1, 0.15) is 0 Å². The molecule has 0 N–H and O–H groups in total. The van der Waals surface area contributed by atoms with Crippen molar-refractivity contribution in [3.8, 4) is 11.3 Å². The number of aliphatic imine (C=N–C) groups is 1. The van der Waals surface area contributed by atoms with E-state index in [1.165, 1.54) is 24.8 Å². The van der Waals surface area contributed by atoms with Crippen molar-refractivity contribution >= 4 is 17.3 Å². The van der Waals surface area contributed by atoms with Crippen LogP contribution in [0.4, 0.5) is 0 Å². The second-order valence-electron chi connectivity index (χ2n) is 8.94. The van der Waals surface area contributed by atoms with Crippen molar-refractivity contribution in [2.75, 3.05) is 13.2 Å². The zero-order chi connectivity index (χ0) is 22.5. The summed E-state index contributed by atoms with van der Waals surface area (Å²) in [6.45, 7) is 1.80. The second-order valence-corrected chi connectivity index (χ2v) is 9.32. The highest BCUT2D eigenvalue weighted by molar-refractivity contribution is 6.38. The average Bonchev–Trinajstić information content (AvgIpc) is 3.23. The van der Waals surface area contributed by atoms with Crippen LogP contribution >= 0.6 is 11.6 Å². The first-order valence-corrected chi connectivity index (χ1v) is 12.3. The molecule has 2 aliphatic heterocycles. The summed E-state index contributed by atoms with van der Waals surface area (Å²) in [7, 11) is 0. The Labute approximate surface area is 201 Å². The van der Waals surface area contributed by atoms with Crippen molar-refractivity contribution in [2.45, 2.75) is 38.5 Å². The zero-order valence-corrected chi connectivity index (χ0v) is 19.6. The lowest BCUT2D eigenvalue weighted by molar-refractivity contribution is 0.141. The Hall–Kier alpha value is -2.75. The summed E-state index contributed by atoms with van der Waals surface area (Å²) >= 11 is 7.06. The van der Waals surface area contributed by atoms with Gasteiger partial charge in [-0.05, 0) is 55.6 Å². The minimum absolute atomic E-state index is 0.678. The zero-order valence-electron chi connectivity index (χ0n) is 18.8. The van der Waals surface area contributed by atoms with E-state index in [2.05, 4.69) is 30.5 Å². The molecule has 0 amide bonds. The van der Waals surface area contributed by atoms with Gasteiger partial charge in [0, 0.05) is 42.3 Å². The number of rotatable bonds is 5. The van der Waals surface area contributed by atoms with Gasteiger partial charge in [-0.1, -0.05) is 72.3 Å². The van der Waals surface area contributed by atoms with E-state index in [0.717, 1.165) is 72.1 Å². The van der Waals surface area contributed by atoms with E-state index in [4.69, 9.17) is 26.3 Å². The van der Waals surface area contributed by atoms with Gasteiger partial charge >= 0.3 is 0 Å². The fourth-order valence-electron chi connectivity index (χ4n) is 4.84. The second kappa shape index (κ2) is 10.5. The van der Waals surface area contributed by atoms with Gasteiger partial charge in [-0.2, -0.15) is 0 Å². The molecular weight excluding hydrogens is 428 g/mol. The first kappa shape index (κ1) is 22.1. The van der Waals surface area contributed by atoms with E-state index in [9.17, 15) is 0 Å². The van der Waals surface area contributed by atoms with E-state index in [1.807, 2.05) is 42.6 Å². The van der Waals surface area contributed by atoms with Crippen molar-refractivity contribution in [3.05, 3.63) is 100 Å². The van der Waals surface area contributed by atoms with Crippen molar-refractivity contribution in [3.63, 3.8) is 0 Å². The molecule has 0 radical (unpaired) electrons. The van der Waals surface area contributed by atoms with Crippen LogP contribution < -0.4 is 0 Å². The summed E-state index contributed by atoms with van der Waals surface area (Å²) < 4.78 is 5.65. The average molecular weight is 457 g/mol. The monoisotopic (exact) mass is 456 g/mol. The van der Waals surface area contributed by atoms with Crippen molar-refractivity contribution < 1.29 is 4.74 Å². The Morgan fingerprint density at radius 1 is 0.909 bits per heavy atom. The first-order valence-electron chi connectivity index (χ1n) is 11.9. The number of allylic oxidation sites excluding steroid dienone is 1. The van der Waals surface area contributed by atoms with Crippen LogP contribution in [0.3, 0.4) is 0 Å². The van der Waals surface area contributed by atoms with Crippen LogP contribution in [0.1, 0.15) is 48.8 Å². The molecule has 1 saturated heterocycles. The lowest BCUT2D eigenvalue weighted by Crippen LogP contribution is -2.09. The maximum absolute atomic E-state index is 7.06. The van der Waals surface area contributed by atoms with E-state index < -0.39 is 0 Å². The van der Waals surface area contributed by atoms with E-state index >= 15 is 0 Å². The quantitative estimate of drug-likeness (QED) is 0.404. The standard InChI is InChI=1S/C29H29ClN2O/c30-27-26-25(20-32-29(27)24-11-5-2-6-12-24)18-22(14-13-21-8-7-16-33-17-15-21)19-31-28(26)23-9-3-1-4-10-23/h1-6,9-12,19-21H,7-8,13-18H2. The molecule has 0 bridgehead atoms. The van der Waals surface area contributed by atoms with E-state index in [-0.39, 0.29) is 0 Å². The number of hydrogen-bond acceptors (Lipinski definition) is 3. The fraction of sp³-hybridized carbons (Fsp3) is 0.310. The maximum atomic E-state index is 7.06. The third kappa shape index (κ3) is 5.10. The van der Waals surface area contributed by atoms with Crippen LogP contribution in [0, 0.1) is 5.92 Å². The highest BCUT2D eigenvalue weighted by Crippen LogP contribution is 2.35. The van der Waals surface area contributed by atoms with Crippen molar-refractivity contribution in [1.29, 1.82) is 0 Å². The number of nitrogens with zero attached hydrogens (tertiary/aromatic N) is 2. The minimum atomic E-state index is 0.678. The van der Waals surface area contributed by atoms with Gasteiger partial charge in [0.05, 0.1) is 16.4 Å². The summed E-state index contributed by atoms with van der Waals surface area (Å²) in [5.74, 6) is 0.732. The normalized spacial score (nSPS) is 18.5. The largest absolute Gasteiger partial charge is 0.381 e. The molecule has 0 aliphatic carbocycles. The highest BCUT2D eigenvalue weighted by atomic mass is 35.5. The van der Waals surface area contributed by atoms with Crippen LogP contribution in [0.2, 0.25) is 5.02 Å². The Bertz CT molecular complexity index is 1150. The summed E-state index contributed by atoms with van der Waals surface area (Å²) in [5, 5.41) is 0.678. The molecule has 5 rings (SSSR count). The lowest BCUT2D eigenvalue weighted by Gasteiger charge is -2.16. The summed E-state index contributed by atoms with van der Waals surface area (Å²) in [6.07, 6.45) is 10.7. The molecule has 1 atom stereocenters. The molecule has 1 unspecified atom stereocenters. The first-order chi connectivity index (χ1) is 16.3. The number of pyridine rings is 1. The number of ether oxygens (including phenoxy) is 1. The van der Waals surface area contributed by atoms with Gasteiger partial charge in [-0.15, -0.1) is 0 Å². The molecule has 3 nitrogen and oxygen atoms in total. The molecule has 2 aliphatic rings.